The summed E-state index contributed by atoms with van der Waals surface area (Å²) < 4.78 is 14.5. The van der Waals surface area contributed by atoms with Crippen LogP contribution in [0.5, 0.6) is 0 Å². The minimum atomic E-state index is -0.320. The highest BCUT2D eigenvalue weighted by Crippen LogP contribution is 2.36. The highest BCUT2D eigenvalue weighted by atomic mass is 16.7. The molecule has 1 saturated heterocycles. The molecule has 3 aromatic rings. The van der Waals surface area contributed by atoms with Crippen LogP contribution in [0.1, 0.15) is 27.7 Å². The fraction of sp³-hybridized carbons (Fsp3) is 0.300. The molecule has 4 rings (SSSR count). The molecule has 0 amide bonds. The highest BCUT2D eigenvalue weighted by Gasteiger charge is 2.51. The van der Waals surface area contributed by atoms with Gasteiger partial charge < -0.3 is 13.9 Å². The number of nitrogens with zero attached hydrogens (tertiary/aromatic N) is 1. The quantitative estimate of drug-likeness (QED) is 0.668. The first-order valence-electron chi connectivity index (χ1n) is 8.39. The molecule has 1 aromatic heterocycles. The Morgan fingerprint density at radius 3 is 2.17 bits per heavy atom. The Bertz CT molecular complexity index is 867. The molecular weight excluding hydrogens is 297 g/mol. The van der Waals surface area contributed by atoms with Crippen LogP contribution in [0, 0.1) is 0 Å². The Morgan fingerprint density at radius 1 is 0.833 bits per heavy atom. The first-order valence-corrected chi connectivity index (χ1v) is 8.39. The van der Waals surface area contributed by atoms with Crippen LogP contribution >= 0.6 is 0 Å². The van der Waals surface area contributed by atoms with Crippen molar-refractivity contribution in [3.8, 4) is 5.69 Å². The maximum atomic E-state index is 6.16. The van der Waals surface area contributed by atoms with Crippen molar-refractivity contribution < 1.29 is 9.31 Å². The molecule has 0 N–H and O–H groups in total. The van der Waals surface area contributed by atoms with Gasteiger partial charge in [0, 0.05) is 11.9 Å². The standard InChI is InChI=1S/C20H22BNO2/c1-19(2)20(3,4)24-21(23-19)16-10-11-18-15(14-16)12-13-22(18)17-8-6-5-7-9-17/h5-14H,1-4H3. The van der Waals surface area contributed by atoms with Crippen molar-refractivity contribution in [3.63, 3.8) is 0 Å². The van der Waals surface area contributed by atoms with E-state index in [-0.39, 0.29) is 18.3 Å². The average Bonchev–Trinajstić information content (AvgIpc) is 3.06. The van der Waals surface area contributed by atoms with Gasteiger partial charge in [0.1, 0.15) is 0 Å². The SMILES string of the molecule is CC1(C)OB(c2ccc3c(ccn3-c3ccccc3)c2)OC1(C)C. The number of hydrogen-bond donors (Lipinski definition) is 0. The summed E-state index contributed by atoms with van der Waals surface area (Å²) in [6.07, 6.45) is 2.11. The summed E-state index contributed by atoms with van der Waals surface area (Å²) in [6.45, 7) is 8.32. The summed E-state index contributed by atoms with van der Waals surface area (Å²) in [5, 5.41) is 1.19. The van der Waals surface area contributed by atoms with Gasteiger partial charge >= 0.3 is 7.12 Å². The van der Waals surface area contributed by atoms with Crippen LogP contribution in [-0.4, -0.2) is 22.9 Å². The van der Waals surface area contributed by atoms with E-state index in [1.807, 2.05) is 6.07 Å². The lowest BCUT2D eigenvalue weighted by Crippen LogP contribution is -2.41. The molecule has 0 spiro atoms. The van der Waals surface area contributed by atoms with E-state index in [0.29, 0.717) is 0 Å². The van der Waals surface area contributed by atoms with Gasteiger partial charge in [0.2, 0.25) is 0 Å². The van der Waals surface area contributed by atoms with E-state index in [1.165, 1.54) is 10.9 Å². The topological polar surface area (TPSA) is 23.4 Å². The van der Waals surface area contributed by atoms with E-state index in [2.05, 4.69) is 87.0 Å². The second-order valence-electron chi connectivity index (χ2n) is 7.43. The second-order valence-corrected chi connectivity index (χ2v) is 7.43. The normalized spacial score (nSPS) is 19.1. The van der Waals surface area contributed by atoms with Crippen molar-refractivity contribution in [2.24, 2.45) is 0 Å². The molecular formula is C20H22BNO2. The number of rotatable bonds is 2. The molecule has 3 nitrogen and oxygen atoms in total. The van der Waals surface area contributed by atoms with Crippen molar-refractivity contribution >= 4 is 23.5 Å². The third-order valence-corrected chi connectivity index (χ3v) is 5.27. The Morgan fingerprint density at radius 2 is 1.50 bits per heavy atom. The van der Waals surface area contributed by atoms with Gasteiger partial charge in [0.25, 0.3) is 0 Å². The average molecular weight is 319 g/mol. The van der Waals surface area contributed by atoms with Gasteiger partial charge in [-0.3, -0.25) is 0 Å². The zero-order valence-electron chi connectivity index (χ0n) is 14.6. The molecule has 1 aliphatic heterocycles. The highest BCUT2D eigenvalue weighted by molar-refractivity contribution is 6.62. The van der Waals surface area contributed by atoms with Crippen LogP contribution in [-0.2, 0) is 9.31 Å². The molecule has 0 bridgehead atoms. The van der Waals surface area contributed by atoms with Crippen molar-refractivity contribution in [2.45, 2.75) is 38.9 Å². The lowest BCUT2D eigenvalue weighted by Gasteiger charge is -2.32. The van der Waals surface area contributed by atoms with Crippen LogP contribution in [0.25, 0.3) is 16.6 Å². The molecule has 0 aliphatic carbocycles. The number of para-hydroxylation sites is 1. The first kappa shape index (κ1) is 15.5. The van der Waals surface area contributed by atoms with Crippen LogP contribution in [0.4, 0.5) is 0 Å². The molecule has 122 valence electrons. The maximum absolute atomic E-state index is 6.16. The molecule has 24 heavy (non-hydrogen) atoms. The van der Waals surface area contributed by atoms with Gasteiger partial charge in [-0.2, -0.15) is 0 Å². The predicted octanol–water partition coefficient (Wildman–Crippen LogP) is 3.93. The minimum Gasteiger partial charge on any atom is -0.399 e. The summed E-state index contributed by atoms with van der Waals surface area (Å²) in [5.41, 5.74) is 2.77. The molecule has 0 unspecified atom stereocenters. The molecule has 0 radical (unpaired) electrons. The second kappa shape index (κ2) is 5.23. The molecule has 2 heterocycles. The summed E-state index contributed by atoms with van der Waals surface area (Å²) in [6, 6.07) is 18.9. The molecule has 1 fully saturated rings. The van der Waals surface area contributed by atoms with E-state index in [9.17, 15) is 0 Å². The van der Waals surface area contributed by atoms with Crippen LogP contribution in [0.2, 0.25) is 0 Å². The van der Waals surface area contributed by atoms with Crippen LogP contribution < -0.4 is 5.46 Å². The van der Waals surface area contributed by atoms with Crippen molar-refractivity contribution in [3.05, 3.63) is 60.8 Å². The number of hydrogen-bond acceptors (Lipinski definition) is 2. The fourth-order valence-corrected chi connectivity index (χ4v) is 3.10. The molecule has 4 heteroatoms. The Kier molecular flexibility index (Phi) is 3.38. The van der Waals surface area contributed by atoms with Gasteiger partial charge in [0.05, 0.1) is 16.7 Å². The lowest BCUT2D eigenvalue weighted by atomic mass is 9.78. The van der Waals surface area contributed by atoms with Gasteiger partial charge in [-0.1, -0.05) is 30.3 Å². The Hall–Kier alpha value is -2.04. The summed E-state index contributed by atoms with van der Waals surface area (Å²) >= 11 is 0. The smallest absolute Gasteiger partial charge is 0.399 e. The van der Waals surface area contributed by atoms with Gasteiger partial charge in [-0.15, -0.1) is 0 Å². The molecule has 0 atom stereocenters. The fourth-order valence-electron chi connectivity index (χ4n) is 3.10. The number of aromatic nitrogens is 1. The van der Waals surface area contributed by atoms with E-state index in [0.717, 1.165) is 11.2 Å². The third-order valence-electron chi connectivity index (χ3n) is 5.27. The van der Waals surface area contributed by atoms with Crippen LogP contribution in [0.3, 0.4) is 0 Å². The van der Waals surface area contributed by atoms with E-state index < -0.39 is 0 Å². The number of fused-ring (bicyclic) bond motifs is 1. The molecule has 0 saturated carbocycles. The summed E-state index contributed by atoms with van der Waals surface area (Å²) in [7, 11) is -0.320. The zero-order valence-corrected chi connectivity index (χ0v) is 14.6. The van der Waals surface area contributed by atoms with Crippen molar-refractivity contribution in [2.75, 3.05) is 0 Å². The maximum Gasteiger partial charge on any atom is 0.494 e. The van der Waals surface area contributed by atoms with Gasteiger partial charge in [0.15, 0.2) is 0 Å². The Labute approximate surface area is 143 Å². The summed E-state index contributed by atoms with van der Waals surface area (Å²) in [4.78, 5) is 0. The number of benzene rings is 2. The van der Waals surface area contributed by atoms with Crippen molar-refractivity contribution in [1.82, 2.24) is 4.57 Å². The van der Waals surface area contributed by atoms with Gasteiger partial charge in [-0.25, -0.2) is 0 Å². The third kappa shape index (κ3) is 2.38. The van der Waals surface area contributed by atoms with E-state index >= 15 is 0 Å². The predicted molar refractivity (Wildman–Crippen MR) is 99.0 cm³/mol. The summed E-state index contributed by atoms with van der Waals surface area (Å²) in [5.74, 6) is 0. The first-order chi connectivity index (χ1) is 11.4. The van der Waals surface area contributed by atoms with Crippen LogP contribution in [0.15, 0.2) is 60.8 Å². The minimum absolute atomic E-state index is 0.317. The zero-order chi connectivity index (χ0) is 16.9. The Balaban J connectivity index is 1.71. The molecule has 2 aromatic carbocycles. The van der Waals surface area contributed by atoms with E-state index in [4.69, 9.17) is 9.31 Å². The van der Waals surface area contributed by atoms with E-state index in [1.54, 1.807) is 0 Å². The largest absolute Gasteiger partial charge is 0.494 e. The van der Waals surface area contributed by atoms with Gasteiger partial charge in [-0.05, 0) is 62.8 Å². The van der Waals surface area contributed by atoms with Crippen molar-refractivity contribution in [1.29, 1.82) is 0 Å². The lowest BCUT2D eigenvalue weighted by molar-refractivity contribution is 0.00578. The monoisotopic (exact) mass is 319 g/mol. The molecule has 1 aliphatic rings.